The van der Waals surface area contributed by atoms with E-state index >= 15 is 0 Å². The Bertz CT molecular complexity index is 726. The van der Waals surface area contributed by atoms with Crippen LogP contribution in [0.2, 0.25) is 0 Å². The van der Waals surface area contributed by atoms with Gasteiger partial charge < -0.3 is 9.72 Å². The van der Waals surface area contributed by atoms with Crippen molar-refractivity contribution < 1.29 is 4.74 Å². The minimum absolute atomic E-state index is 0.0420. The molecule has 0 bridgehead atoms. The lowest BCUT2D eigenvalue weighted by Gasteiger charge is -2.29. The number of nitrogens with one attached hydrogen (secondary N) is 1. The Kier molecular flexibility index (Phi) is 5.98. The Morgan fingerprint density at radius 3 is 2.67 bits per heavy atom. The predicted molar refractivity (Wildman–Crippen MR) is 106 cm³/mol. The first-order valence-electron chi connectivity index (χ1n) is 8.76. The molecule has 1 aliphatic carbocycles. The molecule has 1 aliphatic rings. The highest BCUT2D eigenvalue weighted by molar-refractivity contribution is 14.1. The van der Waals surface area contributed by atoms with E-state index in [1.807, 2.05) is 24.3 Å². The minimum atomic E-state index is -0.0420. The lowest BCUT2D eigenvalue weighted by atomic mass is 9.88. The first kappa shape index (κ1) is 17.5. The van der Waals surface area contributed by atoms with Gasteiger partial charge in [-0.25, -0.2) is 0 Å². The number of rotatable bonds is 5. The summed E-state index contributed by atoms with van der Waals surface area (Å²) in [5, 5.41) is 0. The van der Waals surface area contributed by atoms with Crippen LogP contribution < -0.4 is 10.3 Å². The maximum atomic E-state index is 12.3. The zero-order valence-electron chi connectivity index (χ0n) is 14.1. The number of pyridine rings is 1. The molecule has 1 fully saturated rings. The maximum absolute atomic E-state index is 12.3. The molecule has 1 aromatic carbocycles. The fourth-order valence-corrected chi connectivity index (χ4v) is 3.75. The minimum Gasteiger partial charge on any atom is -0.489 e. The summed E-state index contributed by atoms with van der Waals surface area (Å²) in [4.78, 5) is 15.2. The number of H-pyrrole nitrogens is 1. The molecule has 4 heteroatoms. The molecule has 1 N–H and O–H groups in total. The van der Waals surface area contributed by atoms with Gasteiger partial charge in [0, 0.05) is 11.8 Å². The number of benzene rings is 1. The average Bonchev–Trinajstić information content (AvgIpc) is 2.60. The number of hydrogen-bond acceptors (Lipinski definition) is 2. The number of aryl methyl sites for hydroxylation is 2. The Morgan fingerprint density at radius 2 is 1.92 bits per heavy atom. The topological polar surface area (TPSA) is 42.1 Å². The summed E-state index contributed by atoms with van der Waals surface area (Å²) in [6, 6.07) is 12.4. The maximum Gasteiger partial charge on any atom is 0.265 e. The molecule has 2 atom stereocenters. The van der Waals surface area contributed by atoms with Crippen LogP contribution in [0.15, 0.2) is 41.2 Å². The van der Waals surface area contributed by atoms with Gasteiger partial charge in [0.1, 0.15) is 15.4 Å². The molecular weight excluding hydrogens is 413 g/mol. The molecular formula is C20H24INO2. The lowest BCUT2D eigenvalue weighted by Crippen LogP contribution is -2.29. The van der Waals surface area contributed by atoms with Crippen LogP contribution in [0.4, 0.5) is 0 Å². The van der Waals surface area contributed by atoms with E-state index in [1.165, 1.54) is 24.8 Å². The normalized spacial score (nSPS) is 20.8. The van der Waals surface area contributed by atoms with Gasteiger partial charge >= 0.3 is 0 Å². The van der Waals surface area contributed by atoms with E-state index in [0.29, 0.717) is 9.49 Å². The molecule has 0 radical (unpaired) electrons. The Morgan fingerprint density at radius 1 is 1.17 bits per heavy atom. The molecule has 128 valence electrons. The van der Waals surface area contributed by atoms with E-state index < -0.39 is 0 Å². The molecule has 3 rings (SSSR count). The van der Waals surface area contributed by atoms with Crippen LogP contribution in [-0.4, -0.2) is 11.1 Å². The van der Waals surface area contributed by atoms with Gasteiger partial charge in [-0.2, -0.15) is 0 Å². The second-order valence-electron chi connectivity index (χ2n) is 6.71. The van der Waals surface area contributed by atoms with Crippen LogP contribution in [0.3, 0.4) is 0 Å². The summed E-state index contributed by atoms with van der Waals surface area (Å²) in [7, 11) is 0. The molecule has 0 saturated heterocycles. The number of halogens is 1. The summed E-state index contributed by atoms with van der Waals surface area (Å²) in [5.41, 5.74) is 2.18. The van der Waals surface area contributed by atoms with Gasteiger partial charge in [0.15, 0.2) is 0 Å². The first-order valence-corrected chi connectivity index (χ1v) is 9.83. The zero-order chi connectivity index (χ0) is 16.9. The fraction of sp³-hybridized carbons (Fsp3) is 0.450. The third-order valence-electron chi connectivity index (χ3n) is 4.83. The average molecular weight is 437 g/mol. The summed E-state index contributed by atoms with van der Waals surface area (Å²) < 4.78 is 6.91. The third kappa shape index (κ3) is 4.41. The largest absolute Gasteiger partial charge is 0.489 e. The Hall–Kier alpha value is -1.30. The molecule has 0 spiro atoms. The predicted octanol–water partition coefficient (Wildman–Crippen LogP) is 4.72. The van der Waals surface area contributed by atoms with Crippen molar-refractivity contribution >= 4 is 22.6 Å². The van der Waals surface area contributed by atoms with Gasteiger partial charge in [-0.3, -0.25) is 4.79 Å². The van der Waals surface area contributed by atoms with Crippen molar-refractivity contribution in [2.24, 2.45) is 5.92 Å². The van der Waals surface area contributed by atoms with E-state index in [0.717, 1.165) is 30.7 Å². The summed E-state index contributed by atoms with van der Waals surface area (Å²) in [5.74, 6) is 1.31. The van der Waals surface area contributed by atoms with Crippen LogP contribution in [0, 0.1) is 9.49 Å². The van der Waals surface area contributed by atoms with Crippen LogP contribution in [0.25, 0.3) is 0 Å². The smallest absolute Gasteiger partial charge is 0.265 e. The molecule has 1 saturated carbocycles. The van der Waals surface area contributed by atoms with E-state index in [9.17, 15) is 4.79 Å². The monoisotopic (exact) mass is 437 g/mol. The standard InChI is InChI=1S/C20H24INO2/c1-14-7-5-6-10-17(14)24-18-13-16(22-20(23)19(18)21)12-11-15-8-3-2-4-9-15/h2-4,8-9,13-14,17H,5-7,10-12H2,1H3,(H,22,23)/t14-,17-/m0/s1. The third-order valence-corrected chi connectivity index (χ3v) is 5.85. The van der Waals surface area contributed by atoms with Crippen LogP contribution in [0.1, 0.15) is 43.9 Å². The van der Waals surface area contributed by atoms with E-state index in [2.05, 4.69) is 46.6 Å². The van der Waals surface area contributed by atoms with Crippen molar-refractivity contribution in [2.75, 3.05) is 0 Å². The summed E-state index contributed by atoms with van der Waals surface area (Å²) >= 11 is 2.10. The highest BCUT2D eigenvalue weighted by Crippen LogP contribution is 2.29. The van der Waals surface area contributed by atoms with Gasteiger partial charge in [-0.05, 0) is 66.2 Å². The van der Waals surface area contributed by atoms with Gasteiger partial charge in [-0.15, -0.1) is 0 Å². The van der Waals surface area contributed by atoms with Gasteiger partial charge in [0.2, 0.25) is 0 Å². The summed E-state index contributed by atoms with van der Waals surface area (Å²) in [6.07, 6.45) is 6.76. The Balaban J connectivity index is 1.74. The quantitative estimate of drug-likeness (QED) is 0.688. The molecule has 1 heterocycles. The van der Waals surface area contributed by atoms with Crippen LogP contribution in [-0.2, 0) is 12.8 Å². The highest BCUT2D eigenvalue weighted by Gasteiger charge is 2.24. The van der Waals surface area contributed by atoms with Crippen LogP contribution >= 0.6 is 22.6 Å². The second kappa shape index (κ2) is 8.19. The van der Waals surface area contributed by atoms with Gasteiger partial charge in [-0.1, -0.05) is 43.7 Å². The molecule has 0 amide bonds. The number of ether oxygens (including phenoxy) is 1. The fourth-order valence-electron chi connectivity index (χ4n) is 3.33. The molecule has 3 nitrogen and oxygen atoms in total. The number of hydrogen-bond donors (Lipinski definition) is 1. The van der Waals surface area contributed by atoms with E-state index in [4.69, 9.17) is 4.74 Å². The zero-order valence-corrected chi connectivity index (χ0v) is 16.2. The summed E-state index contributed by atoms with van der Waals surface area (Å²) in [6.45, 7) is 2.25. The number of aromatic amines is 1. The van der Waals surface area contributed by atoms with Crippen molar-refractivity contribution in [2.45, 2.75) is 51.6 Å². The van der Waals surface area contributed by atoms with Crippen molar-refractivity contribution in [1.29, 1.82) is 0 Å². The lowest BCUT2D eigenvalue weighted by molar-refractivity contribution is 0.101. The molecule has 0 unspecified atom stereocenters. The Labute approximate surface area is 157 Å². The second-order valence-corrected chi connectivity index (χ2v) is 7.78. The van der Waals surface area contributed by atoms with Gasteiger partial charge in [0.25, 0.3) is 5.56 Å². The van der Waals surface area contributed by atoms with E-state index in [-0.39, 0.29) is 11.7 Å². The molecule has 0 aliphatic heterocycles. The van der Waals surface area contributed by atoms with Crippen molar-refractivity contribution in [3.8, 4) is 5.75 Å². The molecule has 1 aromatic heterocycles. The van der Waals surface area contributed by atoms with Crippen molar-refractivity contribution in [3.05, 3.63) is 61.6 Å². The molecule has 2 aromatic rings. The number of aromatic nitrogens is 1. The van der Waals surface area contributed by atoms with Crippen molar-refractivity contribution in [1.82, 2.24) is 4.98 Å². The van der Waals surface area contributed by atoms with Crippen molar-refractivity contribution in [3.63, 3.8) is 0 Å². The SMILES string of the molecule is C[C@H]1CCCC[C@@H]1Oc1cc(CCc2ccccc2)[nH]c(=O)c1I. The molecule has 24 heavy (non-hydrogen) atoms. The highest BCUT2D eigenvalue weighted by atomic mass is 127. The van der Waals surface area contributed by atoms with Gasteiger partial charge in [0.05, 0.1) is 0 Å². The van der Waals surface area contributed by atoms with Crippen LogP contribution in [0.5, 0.6) is 5.75 Å². The van der Waals surface area contributed by atoms with E-state index in [1.54, 1.807) is 0 Å². The first-order chi connectivity index (χ1) is 11.6.